The molecule has 2 aromatic rings. The molecule has 1 saturated carbocycles. The zero-order chi connectivity index (χ0) is 21.8. The molecule has 0 aromatic heterocycles. The van der Waals surface area contributed by atoms with E-state index in [0.717, 1.165) is 48.8 Å². The normalized spacial score (nSPS) is 20.9. The third kappa shape index (κ3) is 5.69. The second-order valence-corrected chi connectivity index (χ2v) is 9.01. The van der Waals surface area contributed by atoms with Gasteiger partial charge in [0.05, 0.1) is 11.8 Å². The SMILES string of the molecule is CN(CC1CC(Oc2ccc(CN3CCCC3)c(Cl)c2)C1)C(=O)Nc1ccccc1F. The van der Waals surface area contributed by atoms with Crippen LogP contribution in [0.4, 0.5) is 14.9 Å². The van der Waals surface area contributed by atoms with E-state index in [4.69, 9.17) is 16.3 Å². The van der Waals surface area contributed by atoms with Crippen LogP contribution in [0.25, 0.3) is 0 Å². The van der Waals surface area contributed by atoms with Gasteiger partial charge in [-0.05, 0) is 74.5 Å². The first-order valence-electron chi connectivity index (χ1n) is 10.9. The number of carbonyl (C=O) groups excluding carboxylic acids is 1. The average molecular weight is 446 g/mol. The van der Waals surface area contributed by atoms with Crippen LogP contribution in [0.3, 0.4) is 0 Å². The van der Waals surface area contributed by atoms with Crippen molar-refractivity contribution in [2.24, 2.45) is 5.92 Å². The molecule has 7 heteroatoms. The van der Waals surface area contributed by atoms with Crippen LogP contribution in [0.1, 0.15) is 31.2 Å². The number of nitrogens with zero attached hydrogens (tertiary/aromatic N) is 2. The molecular weight excluding hydrogens is 417 g/mol. The number of para-hydroxylation sites is 1. The van der Waals surface area contributed by atoms with E-state index in [1.165, 1.54) is 18.9 Å². The van der Waals surface area contributed by atoms with Crippen LogP contribution in [0, 0.1) is 11.7 Å². The number of ether oxygens (including phenoxy) is 1. The van der Waals surface area contributed by atoms with Crippen LogP contribution >= 0.6 is 11.6 Å². The van der Waals surface area contributed by atoms with Gasteiger partial charge in [0.1, 0.15) is 11.6 Å². The predicted molar refractivity (Wildman–Crippen MR) is 121 cm³/mol. The molecule has 0 spiro atoms. The molecule has 4 rings (SSSR count). The van der Waals surface area contributed by atoms with Gasteiger partial charge in [-0.2, -0.15) is 0 Å². The lowest BCUT2D eigenvalue weighted by Gasteiger charge is -2.37. The molecule has 166 valence electrons. The fourth-order valence-electron chi connectivity index (χ4n) is 4.27. The number of amides is 2. The van der Waals surface area contributed by atoms with Crippen LogP contribution in [-0.4, -0.2) is 48.6 Å². The van der Waals surface area contributed by atoms with Crippen LogP contribution in [0.5, 0.6) is 5.75 Å². The topological polar surface area (TPSA) is 44.8 Å². The number of urea groups is 1. The highest BCUT2D eigenvalue weighted by Crippen LogP contribution is 2.33. The molecule has 0 radical (unpaired) electrons. The molecule has 1 saturated heterocycles. The van der Waals surface area contributed by atoms with E-state index in [1.807, 2.05) is 12.1 Å². The standard InChI is InChI=1S/C24H29ClFN3O2/c1-28(24(30)27-23-7-3-2-6-22(23)26)15-17-12-20(13-17)31-19-9-8-18(21(25)14-19)16-29-10-4-5-11-29/h2-3,6-9,14,17,20H,4-5,10-13,15-16H2,1H3,(H,27,30). The third-order valence-electron chi connectivity index (χ3n) is 6.11. The first kappa shape index (κ1) is 21.9. The van der Waals surface area contributed by atoms with E-state index in [-0.39, 0.29) is 17.8 Å². The van der Waals surface area contributed by atoms with Gasteiger partial charge in [0.25, 0.3) is 0 Å². The van der Waals surface area contributed by atoms with Crippen molar-refractivity contribution in [1.82, 2.24) is 9.80 Å². The van der Waals surface area contributed by atoms with Gasteiger partial charge >= 0.3 is 6.03 Å². The summed E-state index contributed by atoms with van der Waals surface area (Å²) in [5.41, 5.74) is 1.34. The van der Waals surface area contributed by atoms with Gasteiger partial charge < -0.3 is 15.0 Å². The van der Waals surface area contributed by atoms with E-state index in [2.05, 4.69) is 16.3 Å². The molecule has 0 atom stereocenters. The predicted octanol–water partition coefficient (Wildman–Crippen LogP) is 5.40. The van der Waals surface area contributed by atoms with Crippen LogP contribution in [0.2, 0.25) is 5.02 Å². The van der Waals surface area contributed by atoms with Crippen molar-refractivity contribution in [2.75, 3.05) is 32.0 Å². The molecule has 5 nitrogen and oxygen atoms in total. The van der Waals surface area contributed by atoms with Gasteiger partial charge in [0.15, 0.2) is 0 Å². The Morgan fingerprint density at radius 3 is 2.68 bits per heavy atom. The highest BCUT2D eigenvalue weighted by molar-refractivity contribution is 6.31. The lowest BCUT2D eigenvalue weighted by molar-refractivity contribution is 0.0532. The third-order valence-corrected chi connectivity index (χ3v) is 6.46. The Labute approximate surface area is 188 Å². The summed E-state index contributed by atoms with van der Waals surface area (Å²) < 4.78 is 19.8. The second kappa shape index (κ2) is 9.88. The van der Waals surface area contributed by atoms with Crippen molar-refractivity contribution < 1.29 is 13.9 Å². The summed E-state index contributed by atoms with van der Waals surface area (Å²) in [6.07, 6.45) is 4.42. The van der Waals surface area contributed by atoms with E-state index in [9.17, 15) is 9.18 Å². The molecule has 2 amide bonds. The number of hydrogen-bond acceptors (Lipinski definition) is 3. The fourth-order valence-corrected chi connectivity index (χ4v) is 4.50. The lowest BCUT2D eigenvalue weighted by Crippen LogP contribution is -2.43. The van der Waals surface area contributed by atoms with Gasteiger partial charge in [0.2, 0.25) is 0 Å². The largest absolute Gasteiger partial charge is 0.490 e. The Morgan fingerprint density at radius 2 is 1.97 bits per heavy atom. The molecule has 1 heterocycles. The van der Waals surface area contributed by atoms with Gasteiger partial charge in [-0.3, -0.25) is 4.90 Å². The molecule has 2 aliphatic rings. The van der Waals surface area contributed by atoms with Crippen molar-refractivity contribution in [3.8, 4) is 5.75 Å². The first-order chi connectivity index (χ1) is 15.0. The van der Waals surface area contributed by atoms with Crippen molar-refractivity contribution in [1.29, 1.82) is 0 Å². The number of nitrogens with one attached hydrogen (secondary N) is 1. The second-order valence-electron chi connectivity index (χ2n) is 8.60. The lowest BCUT2D eigenvalue weighted by atomic mass is 9.82. The number of halogens is 2. The summed E-state index contributed by atoms with van der Waals surface area (Å²) in [5, 5.41) is 3.37. The molecule has 0 unspecified atom stereocenters. The summed E-state index contributed by atoms with van der Waals surface area (Å²) >= 11 is 6.48. The minimum Gasteiger partial charge on any atom is -0.490 e. The maximum atomic E-state index is 13.7. The molecule has 2 fully saturated rings. The Bertz CT molecular complexity index is 913. The number of rotatable bonds is 7. The highest BCUT2D eigenvalue weighted by Gasteiger charge is 2.32. The maximum Gasteiger partial charge on any atom is 0.321 e. The van der Waals surface area contributed by atoms with Crippen LogP contribution in [0.15, 0.2) is 42.5 Å². The number of benzene rings is 2. The minimum atomic E-state index is -0.438. The van der Waals surface area contributed by atoms with Crippen LogP contribution < -0.4 is 10.1 Å². The zero-order valence-electron chi connectivity index (χ0n) is 17.8. The van der Waals surface area contributed by atoms with Crippen molar-refractivity contribution in [3.05, 3.63) is 58.9 Å². The Kier molecular flexibility index (Phi) is 6.98. The first-order valence-corrected chi connectivity index (χ1v) is 11.3. The summed E-state index contributed by atoms with van der Waals surface area (Å²) in [5.74, 6) is 0.724. The monoisotopic (exact) mass is 445 g/mol. The van der Waals surface area contributed by atoms with Crippen molar-refractivity contribution in [3.63, 3.8) is 0 Å². The Balaban J connectivity index is 1.21. The van der Waals surface area contributed by atoms with Gasteiger partial charge in [-0.15, -0.1) is 0 Å². The quantitative estimate of drug-likeness (QED) is 0.620. The summed E-state index contributed by atoms with van der Waals surface area (Å²) in [4.78, 5) is 16.3. The van der Waals surface area contributed by atoms with Gasteiger partial charge in [0, 0.05) is 25.2 Å². The molecule has 2 aromatic carbocycles. The highest BCUT2D eigenvalue weighted by atomic mass is 35.5. The zero-order valence-corrected chi connectivity index (χ0v) is 18.6. The van der Waals surface area contributed by atoms with E-state index in [1.54, 1.807) is 30.1 Å². The van der Waals surface area contributed by atoms with E-state index in [0.29, 0.717) is 12.5 Å². The number of hydrogen-bond donors (Lipinski definition) is 1. The fraction of sp³-hybridized carbons (Fsp3) is 0.458. The summed E-state index contributed by atoms with van der Waals surface area (Å²) in [7, 11) is 1.73. The summed E-state index contributed by atoms with van der Waals surface area (Å²) in [6.45, 7) is 3.79. The van der Waals surface area contributed by atoms with Gasteiger partial charge in [-0.1, -0.05) is 29.8 Å². The summed E-state index contributed by atoms with van der Waals surface area (Å²) in [6, 6.07) is 11.8. The van der Waals surface area contributed by atoms with Crippen LogP contribution in [-0.2, 0) is 6.54 Å². The molecule has 1 aliphatic carbocycles. The number of carbonyl (C=O) groups is 1. The molecule has 31 heavy (non-hydrogen) atoms. The maximum absolute atomic E-state index is 13.7. The molecular formula is C24H29ClFN3O2. The molecule has 1 N–H and O–H groups in total. The smallest absolute Gasteiger partial charge is 0.321 e. The average Bonchev–Trinajstić information content (AvgIpc) is 3.23. The van der Waals surface area contributed by atoms with Gasteiger partial charge in [-0.25, -0.2) is 9.18 Å². The Hall–Kier alpha value is -2.31. The van der Waals surface area contributed by atoms with E-state index < -0.39 is 5.82 Å². The number of anilines is 1. The van der Waals surface area contributed by atoms with Crippen molar-refractivity contribution in [2.45, 2.75) is 38.3 Å². The molecule has 1 aliphatic heterocycles. The number of likely N-dealkylation sites (tertiary alicyclic amines) is 1. The van der Waals surface area contributed by atoms with E-state index >= 15 is 0 Å². The minimum absolute atomic E-state index is 0.133. The van der Waals surface area contributed by atoms with Crippen molar-refractivity contribution >= 4 is 23.3 Å². The molecule has 0 bridgehead atoms. The Morgan fingerprint density at radius 1 is 1.23 bits per heavy atom.